The van der Waals surface area contributed by atoms with Gasteiger partial charge in [-0.15, -0.1) is 0 Å². The Balaban J connectivity index is 0. The van der Waals surface area contributed by atoms with Crippen molar-refractivity contribution in [3.05, 3.63) is 0 Å². The average Bonchev–Trinajstić information content (AvgIpc) is 1.81. The standard InChI is InChI=1S/C4H9NO4S.Na.H/c1-5(4-6)2-3-10(7,8)9;;/h4H,2-3H2,1H3,(H,7,8,9);;. The number of nitrogens with zero attached hydrogens (tertiary/aromatic N) is 1. The van der Waals surface area contributed by atoms with Gasteiger partial charge in [-0.1, -0.05) is 0 Å². The molecular weight excluding hydrogens is 181 g/mol. The molecule has 0 radical (unpaired) electrons. The van der Waals surface area contributed by atoms with E-state index in [0.717, 1.165) is 4.90 Å². The number of hydrogen-bond acceptors (Lipinski definition) is 3. The second kappa shape index (κ2) is 5.96. The molecule has 0 spiro atoms. The van der Waals surface area contributed by atoms with Crippen LogP contribution in [0, 0.1) is 0 Å². The fourth-order valence-electron chi connectivity index (χ4n) is 0.312. The zero-order valence-corrected chi connectivity index (χ0v) is 6.34. The molecule has 0 bridgehead atoms. The van der Waals surface area contributed by atoms with E-state index in [1.54, 1.807) is 0 Å². The molecule has 0 rings (SSSR count). The Morgan fingerprint density at radius 1 is 1.55 bits per heavy atom. The molecule has 0 aliphatic rings. The molecule has 7 heteroatoms. The molecule has 0 atom stereocenters. The Morgan fingerprint density at radius 2 is 2.00 bits per heavy atom. The summed E-state index contributed by atoms with van der Waals surface area (Å²) in [5, 5.41) is 0. The van der Waals surface area contributed by atoms with Crippen LogP contribution in [0.4, 0.5) is 0 Å². The first kappa shape index (κ1) is 13.9. The third kappa shape index (κ3) is 10.4. The fraction of sp³-hybridized carbons (Fsp3) is 0.750. The van der Waals surface area contributed by atoms with Crippen molar-refractivity contribution in [3.63, 3.8) is 0 Å². The molecule has 0 heterocycles. The van der Waals surface area contributed by atoms with Crippen LogP contribution < -0.4 is 0 Å². The normalized spacial score (nSPS) is 10.0. The van der Waals surface area contributed by atoms with E-state index in [-0.39, 0.29) is 36.1 Å². The summed E-state index contributed by atoms with van der Waals surface area (Å²) in [5.41, 5.74) is 0. The van der Waals surface area contributed by atoms with Crippen LogP contribution in [0.25, 0.3) is 0 Å². The SMILES string of the molecule is CN(C=O)CCS(=O)(=O)O.[NaH]. The topological polar surface area (TPSA) is 74.7 Å². The number of hydrogen-bond donors (Lipinski definition) is 1. The summed E-state index contributed by atoms with van der Waals surface area (Å²) in [7, 11) is -2.50. The van der Waals surface area contributed by atoms with Crippen LogP contribution >= 0.6 is 0 Å². The van der Waals surface area contributed by atoms with Crippen molar-refractivity contribution in [2.24, 2.45) is 0 Å². The van der Waals surface area contributed by atoms with Gasteiger partial charge >= 0.3 is 29.6 Å². The van der Waals surface area contributed by atoms with E-state index in [9.17, 15) is 13.2 Å². The van der Waals surface area contributed by atoms with E-state index >= 15 is 0 Å². The molecule has 62 valence electrons. The number of amides is 1. The summed E-state index contributed by atoms with van der Waals surface area (Å²) in [5.74, 6) is -0.414. The van der Waals surface area contributed by atoms with E-state index in [2.05, 4.69) is 0 Å². The van der Waals surface area contributed by atoms with E-state index in [1.807, 2.05) is 0 Å². The van der Waals surface area contributed by atoms with Crippen molar-refractivity contribution >= 4 is 46.1 Å². The van der Waals surface area contributed by atoms with Crippen molar-refractivity contribution in [1.82, 2.24) is 4.90 Å². The maximum absolute atomic E-state index is 10.1. The van der Waals surface area contributed by atoms with Crippen molar-refractivity contribution in [1.29, 1.82) is 0 Å². The molecule has 1 amide bonds. The van der Waals surface area contributed by atoms with Crippen LogP contribution in [-0.2, 0) is 14.9 Å². The average molecular weight is 191 g/mol. The number of carbonyl (C=O) groups is 1. The summed E-state index contributed by atoms with van der Waals surface area (Å²) < 4.78 is 28.3. The second-order valence-corrected chi connectivity index (χ2v) is 3.44. The quantitative estimate of drug-likeness (QED) is 0.327. The molecule has 0 aromatic heterocycles. The molecule has 0 saturated carbocycles. The summed E-state index contributed by atoms with van der Waals surface area (Å²) in [6, 6.07) is 0. The van der Waals surface area contributed by atoms with Crippen molar-refractivity contribution in [2.75, 3.05) is 19.3 Å². The van der Waals surface area contributed by atoms with E-state index in [0.29, 0.717) is 6.41 Å². The van der Waals surface area contributed by atoms with E-state index in [1.165, 1.54) is 7.05 Å². The number of carbonyl (C=O) groups excluding carboxylic acids is 1. The first-order valence-electron chi connectivity index (χ1n) is 2.56. The Bertz CT molecular complexity index is 202. The fourth-order valence-corrected chi connectivity index (χ4v) is 0.831. The maximum atomic E-state index is 10.1. The van der Waals surface area contributed by atoms with Gasteiger partial charge in [0.05, 0.1) is 5.75 Å². The van der Waals surface area contributed by atoms with Crippen LogP contribution in [0.2, 0.25) is 0 Å². The summed E-state index contributed by atoms with van der Waals surface area (Å²) >= 11 is 0. The first-order valence-corrected chi connectivity index (χ1v) is 4.17. The molecule has 11 heavy (non-hydrogen) atoms. The minimum absolute atomic E-state index is 0. The number of rotatable bonds is 4. The minimum atomic E-state index is -3.93. The Morgan fingerprint density at radius 3 is 2.27 bits per heavy atom. The predicted molar refractivity (Wildman–Crippen MR) is 42.3 cm³/mol. The third-order valence-corrected chi connectivity index (χ3v) is 1.58. The molecule has 5 nitrogen and oxygen atoms in total. The molecule has 1 N–H and O–H groups in total. The summed E-state index contributed by atoms with van der Waals surface area (Å²) in [4.78, 5) is 11.0. The summed E-state index contributed by atoms with van der Waals surface area (Å²) in [6.45, 7) is 0.0162. The van der Waals surface area contributed by atoms with Gasteiger partial charge in [-0.05, 0) is 0 Å². The monoisotopic (exact) mass is 191 g/mol. The van der Waals surface area contributed by atoms with Gasteiger partial charge in [0.2, 0.25) is 6.41 Å². The van der Waals surface area contributed by atoms with Gasteiger partial charge in [0.15, 0.2) is 0 Å². The zero-order chi connectivity index (χ0) is 8.20. The van der Waals surface area contributed by atoms with Gasteiger partial charge in [0.25, 0.3) is 10.1 Å². The van der Waals surface area contributed by atoms with Crippen LogP contribution in [0.15, 0.2) is 0 Å². The molecule has 0 aliphatic heterocycles. The Labute approximate surface area is 87.8 Å². The summed E-state index contributed by atoms with van der Waals surface area (Å²) in [6.07, 6.45) is 0.491. The molecular formula is C4H10NNaO4S. The van der Waals surface area contributed by atoms with Crippen molar-refractivity contribution in [3.8, 4) is 0 Å². The molecule has 0 aromatic rings. The first-order chi connectivity index (χ1) is 4.45. The van der Waals surface area contributed by atoms with Crippen molar-refractivity contribution < 1.29 is 17.8 Å². The predicted octanol–water partition coefficient (Wildman–Crippen LogP) is -1.69. The van der Waals surface area contributed by atoms with Crippen LogP contribution in [0.5, 0.6) is 0 Å². The van der Waals surface area contributed by atoms with Gasteiger partial charge < -0.3 is 4.90 Å². The molecule has 0 aliphatic carbocycles. The Hall–Kier alpha value is 0.380. The molecule has 0 fully saturated rings. The van der Waals surface area contributed by atoms with E-state index in [4.69, 9.17) is 4.55 Å². The third-order valence-electron chi connectivity index (χ3n) is 0.882. The van der Waals surface area contributed by atoms with Crippen LogP contribution in [-0.4, -0.2) is 73.2 Å². The van der Waals surface area contributed by atoms with Gasteiger partial charge in [-0.3, -0.25) is 9.35 Å². The van der Waals surface area contributed by atoms with Gasteiger partial charge in [0, 0.05) is 13.6 Å². The molecule has 0 saturated heterocycles. The molecule has 0 unspecified atom stereocenters. The van der Waals surface area contributed by atoms with Gasteiger partial charge in [0.1, 0.15) is 0 Å². The van der Waals surface area contributed by atoms with Crippen LogP contribution in [0.1, 0.15) is 0 Å². The second-order valence-electron chi connectivity index (χ2n) is 1.87. The van der Waals surface area contributed by atoms with Gasteiger partial charge in [-0.2, -0.15) is 8.42 Å². The van der Waals surface area contributed by atoms with E-state index < -0.39 is 15.9 Å². The Kier molecular flexibility index (Phi) is 7.55. The van der Waals surface area contributed by atoms with Gasteiger partial charge in [-0.25, -0.2) is 0 Å². The zero-order valence-electron chi connectivity index (χ0n) is 5.52. The van der Waals surface area contributed by atoms with Crippen LogP contribution in [0.3, 0.4) is 0 Å². The van der Waals surface area contributed by atoms with Crippen molar-refractivity contribution in [2.45, 2.75) is 0 Å². The molecule has 0 aromatic carbocycles.